The van der Waals surface area contributed by atoms with E-state index in [1.165, 1.54) is 11.1 Å². The first kappa shape index (κ1) is 15.7. The molecule has 1 N–H and O–H groups in total. The number of halogens is 2. The molecule has 0 amide bonds. The predicted octanol–water partition coefficient (Wildman–Crippen LogP) is 5.00. The molecule has 106 valence electrons. The zero-order chi connectivity index (χ0) is 14.5. The number of rotatable bonds is 5. The monoisotopic (exact) mass is 396 g/mol. The number of pyridine rings is 1. The predicted molar refractivity (Wildman–Crippen MR) is 91.0 cm³/mol. The van der Waals surface area contributed by atoms with Gasteiger partial charge in [-0.1, -0.05) is 44.8 Å². The van der Waals surface area contributed by atoms with Crippen LogP contribution in [0.25, 0.3) is 0 Å². The van der Waals surface area contributed by atoms with Crippen molar-refractivity contribution in [3.05, 3.63) is 62.3 Å². The minimum Gasteiger partial charge on any atom is -0.306 e. The lowest BCUT2D eigenvalue weighted by Gasteiger charge is -2.21. The average molecular weight is 398 g/mol. The van der Waals surface area contributed by atoms with Crippen LogP contribution in [0.3, 0.4) is 0 Å². The summed E-state index contributed by atoms with van der Waals surface area (Å²) in [5, 5.41) is 3.60. The number of hydrogen-bond acceptors (Lipinski definition) is 2. The summed E-state index contributed by atoms with van der Waals surface area (Å²) in [4.78, 5) is 4.42. The molecule has 0 saturated heterocycles. The largest absolute Gasteiger partial charge is 0.306 e. The van der Waals surface area contributed by atoms with Crippen molar-refractivity contribution < 1.29 is 0 Å². The van der Waals surface area contributed by atoms with Gasteiger partial charge in [-0.2, -0.15) is 0 Å². The Balaban J connectivity index is 2.41. The Morgan fingerprint density at radius 1 is 1.20 bits per heavy atom. The van der Waals surface area contributed by atoms with E-state index in [2.05, 4.69) is 73.3 Å². The quantitative estimate of drug-likeness (QED) is 0.767. The highest BCUT2D eigenvalue weighted by molar-refractivity contribution is 9.11. The van der Waals surface area contributed by atoms with Crippen molar-refractivity contribution in [3.63, 3.8) is 0 Å². The number of aryl methyl sites for hydroxylation is 1. The Morgan fingerprint density at radius 2 is 2.00 bits per heavy atom. The minimum absolute atomic E-state index is 0.148. The molecule has 0 aliphatic heterocycles. The summed E-state index contributed by atoms with van der Waals surface area (Å²) in [6, 6.07) is 10.6. The molecule has 20 heavy (non-hydrogen) atoms. The van der Waals surface area contributed by atoms with Crippen LogP contribution in [0.4, 0.5) is 0 Å². The molecule has 0 bridgehead atoms. The van der Waals surface area contributed by atoms with Gasteiger partial charge in [0.05, 0.1) is 6.04 Å². The molecule has 0 aliphatic carbocycles. The van der Waals surface area contributed by atoms with E-state index in [0.29, 0.717) is 0 Å². The fraction of sp³-hybridized carbons (Fsp3) is 0.312. The number of aromatic nitrogens is 1. The topological polar surface area (TPSA) is 24.9 Å². The maximum atomic E-state index is 4.42. The van der Waals surface area contributed by atoms with Crippen molar-refractivity contribution in [2.24, 2.45) is 0 Å². The summed E-state index contributed by atoms with van der Waals surface area (Å²) in [7, 11) is 0. The molecule has 0 saturated carbocycles. The zero-order valence-corrected chi connectivity index (χ0v) is 14.8. The van der Waals surface area contributed by atoms with Crippen molar-refractivity contribution in [3.8, 4) is 0 Å². The van der Waals surface area contributed by atoms with Crippen LogP contribution in [0.2, 0.25) is 0 Å². The van der Waals surface area contributed by atoms with Crippen LogP contribution in [-0.2, 0) is 0 Å². The highest BCUT2D eigenvalue weighted by Crippen LogP contribution is 2.31. The van der Waals surface area contributed by atoms with Crippen molar-refractivity contribution in [2.75, 3.05) is 6.54 Å². The standard InChI is InChI=1S/C16H18Br2N2/c1-3-8-19-16(12-5-4-11(2)20-10-12)14-9-13(17)6-7-15(14)18/h4-7,9-10,16,19H,3,8H2,1-2H3. The summed E-state index contributed by atoms with van der Waals surface area (Å²) in [5.41, 5.74) is 3.44. The Kier molecular flexibility index (Phi) is 5.75. The first-order valence-electron chi connectivity index (χ1n) is 6.72. The van der Waals surface area contributed by atoms with Gasteiger partial charge in [0.25, 0.3) is 0 Å². The molecular formula is C16H18Br2N2. The minimum atomic E-state index is 0.148. The molecule has 2 aromatic rings. The van der Waals surface area contributed by atoms with E-state index in [4.69, 9.17) is 0 Å². The Bertz CT molecular complexity index is 567. The van der Waals surface area contributed by atoms with E-state index in [1.54, 1.807) is 0 Å². The van der Waals surface area contributed by atoms with Gasteiger partial charge in [-0.3, -0.25) is 4.98 Å². The molecule has 1 unspecified atom stereocenters. The van der Waals surface area contributed by atoms with E-state index in [0.717, 1.165) is 27.6 Å². The molecule has 1 aromatic carbocycles. The highest BCUT2D eigenvalue weighted by Gasteiger charge is 2.16. The summed E-state index contributed by atoms with van der Waals surface area (Å²) < 4.78 is 2.19. The molecule has 4 heteroatoms. The molecule has 2 nitrogen and oxygen atoms in total. The van der Waals surface area contributed by atoms with Crippen molar-refractivity contribution in [2.45, 2.75) is 26.3 Å². The van der Waals surface area contributed by atoms with Gasteiger partial charge >= 0.3 is 0 Å². The van der Waals surface area contributed by atoms with Crippen LogP contribution in [0.5, 0.6) is 0 Å². The molecule has 1 aromatic heterocycles. The zero-order valence-electron chi connectivity index (χ0n) is 11.7. The number of nitrogens with zero attached hydrogens (tertiary/aromatic N) is 1. The van der Waals surface area contributed by atoms with Gasteiger partial charge in [0.15, 0.2) is 0 Å². The molecule has 0 spiro atoms. The lowest BCUT2D eigenvalue weighted by molar-refractivity contribution is 0.595. The van der Waals surface area contributed by atoms with Crippen molar-refractivity contribution in [1.82, 2.24) is 10.3 Å². The third kappa shape index (κ3) is 3.90. The van der Waals surface area contributed by atoms with Gasteiger partial charge in [0, 0.05) is 20.8 Å². The lowest BCUT2D eigenvalue weighted by atomic mass is 10.00. The smallest absolute Gasteiger partial charge is 0.0603 e. The third-order valence-electron chi connectivity index (χ3n) is 3.14. The van der Waals surface area contributed by atoms with Crippen LogP contribution in [0.1, 0.15) is 36.2 Å². The summed E-state index contributed by atoms with van der Waals surface area (Å²) in [5.74, 6) is 0. The Labute approximate surface area is 137 Å². The van der Waals surface area contributed by atoms with Crippen LogP contribution in [0.15, 0.2) is 45.5 Å². The highest BCUT2D eigenvalue weighted by atomic mass is 79.9. The Hall–Kier alpha value is -0.710. The normalized spacial score (nSPS) is 12.4. The second kappa shape index (κ2) is 7.34. The van der Waals surface area contributed by atoms with Gasteiger partial charge in [-0.05, 0) is 55.3 Å². The number of nitrogens with one attached hydrogen (secondary N) is 1. The van der Waals surface area contributed by atoms with Crippen molar-refractivity contribution in [1.29, 1.82) is 0 Å². The lowest BCUT2D eigenvalue weighted by Crippen LogP contribution is -2.23. The van der Waals surface area contributed by atoms with E-state index in [-0.39, 0.29) is 6.04 Å². The first-order valence-corrected chi connectivity index (χ1v) is 8.31. The second-order valence-corrected chi connectivity index (χ2v) is 6.56. The van der Waals surface area contributed by atoms with Crippen LogP contribution in [0, 0.1) is 6.92 Å². The van der Waals surface area contributed by atoms with E-state index < -0.39 is 0 Å². The van der Waals surface area contributed by atoms with E-state index in [1.807, 2.05) is 19.2 Å². The molecule has 1 atom stereocenters. The van der Waals surface area contributed by atoms with E-state index in [9.17, 15) is 0 Å². The van der Waals surface area contributed by atoms with Crippen LogP contribution >= 0.6 is 31.9 Å². The summed E-state index contributed by atoms with van der Waals surface area (Å²) in [6.45, 7) is 5.15. The average Bonchev–Trinajstić information content (AvgIpc) is 2.44. The van der Waals surface area contributed by atoms with Crippen LogP contribution < -0.4 is 5.32 Å². The SMILES string of the molecule is CCCNC(c1ccc(C)nc1)c1cc(Br)ccc1Br. The maximum Gasteiger partial charge on any atom is 0.0603 e. The fourth-order valence-electron chi connectivity index (χ4n) is 2.08. The van der Waals surface area contributed by atoms with Gasteiger partial charge in [-0.25, -0.2) is 0 Å². The molecule has 0 aliphatic rings. The van der Waals surface area contributed by atoms with Crippen LogP contribution in [-0.4, -0.2) is 11.5 Å². The van der Waals surface area contributed by atoms with Gasteiger partial charge < -0.3 is 5.32 Å². The molecule has 0 fully saturated rings. The van der Waals surface area contributed by atoms with E-state index >= 15 is 0 Å². The van der Waals surface area contributed by atoms with Gasteiger partial charge in [0.1, 0.15) is 0 Å². The molecule has 2 rings (SSSR count). The summed E-state index contributed by atoms with van der Waals surface area (Å²) in [6.07, 6.45) is 3.05. The fourth-order valence-corrected chi connectivity index (χ4v) is 2.94. The Morgan fingerprint density at radius 3 is 2.65 bits per heavy atom. The first-order chi connectivity index (χ1) is 9.61. The van der Waals surface area contributed by atoms with Gasteiger partial charge in [-0.15, -0.1) is 0 Å². The third-order valence-corrected chi connectivity index (χ3v) is 4.35. The molecule has 1 heterocycles. The maximum absolute atomic E-state index is 4.42. The molecular weight excluding hydrogens is 380 g/mol. The number of hydrogen-bond donors (Lipinski definition) is 1. The van der Waals surface area contributed by atoms with Crippen molar-refractivity contribution >= 4 is 31.9 Å². The summed E-state index contributed by atoms with van der Waals surface area (Å²) >= 11 is 7.21. The second-order valence-electron chi connectivity index (χ2n) is 4.79. The van der Waals surface area contributed by atoms with Gasteiger partial charge in [0.2, 0.25) is 0 Å². The number of benzene rings is 1. The molecule has 0 radical (unpaired) electrons.